The Kier molecular flexibility index (Phi) is 4.83. The molecule has 1 aromatic rings. The lowest BCUT2D eigenvalue weighted by Gasteiger charge is -2.21. The van der Waals surface area contributed by atoms with Crippen LogP contribution in [0, 0.1) is 6.92 Å². The molecule has 0 spiro atoms. The van der Waals surface area contributed by atoms with Crippen LogP contribution in [0.5, 0.6) is 0 Å². The maximum Gasteiger partial charge on any atom is 0.239 e. The molecule has 0 radical (unpaired) electrons. The molecule has 1 N–H and O–H groups in total. The summed E-state index contributed by atoms with van der Waals surface area (Å²) in [7, 11) is 0. The lowest BCUT2D eigenvalue weighted by Crippen LogP contribution is -2.43. The van der Waals surface area contributed by atoms with Gasteiger partial charge in [-0.15, -0.1) is 0 Å². The highest BCUT2D eigenvalue weighted by molar-refractivity contribution is 6.30. The fourth-order valence-electron chi connectivity index (χ4n) is 2.42. The number of hydrogen-bond acceptors (Lipinski definition) is 2. The van der Waals surface area contributed by atoms with Gasteiger partial charge >= 0.3 is 0 Å². The zero-order valence-corrected chi connectivity index (χ0v) is 12.3. The third-order valence-electron chi connectivity index (χ3n) is 3.69. The highest BCUT2D eigenvalue weighted by atomic mass is 35.5. The van der Waals surface area contributed by atoms with Crippen LogP contribution in [0.4, 0.5) is 0 Å². The summed E-state index contributed by atoms with van der Waals surface area (Å²) in [5.74, 6) is 0.212. The molecule has 1 atom stereocenters. The zero-order chi connectivity index (χ0) is 13.8. The van der Waals surface area contributed by atoms with Gasteiger partial charge in [0.15, 0.2) is 0 Å². The van der Waals surface area contributed by atoms with Gasteiger partial charge in [0.25, 0.3) is 0 Å². The lowest BCUT2D eigenvalue weighted by molar-refractivity contribution is -0.131. The predicted octanol–water partition coefficient (Wildman–Crippen LogP) is 2.75. The van der Waals surface area contributed by atoms with Crippen LogP contribution >= 0.6 is 11.6 Å². The van der Waals surface area contributed by atoms with E-state index in [0.717, 1.165) is 36.5 Å². The lowest BCUT2D eigenvalue weighted by atomic mass is 10.1. The summed E-state index contributed by atoms with van der Waals surface area (Å²) in [6.07, 6.45) is 2.27. The van der Waals surface area contributed by atoms with Gasteiger partial charge < -0.3 is 10.2 Å². The van der Waals surface area contributed by atoms with Crippen molar-refractivity contribution in [3.63, 3.8) is 0 Å². The minimum Gasteiger partial charge on any atom is -0.341 e. The van der Waals surface area contributed by atoms with Crippen molar-refractivity contribution in [1.29, 1.82) is 0 Å². The molecule has 0 saturated carbocycles. The quantitative estimate of drug-likeness (QED) is 0.920. The Morgan fingerprint density at radius 3 is 2.74 bits per heavy atom. The molecule has 1 heterocycles. The van der Waals surface area contributed by atoms with Crippen molar-refractivity contribution in [2.45, 2.75) is 39.3 Å². The van der Waals surface area contributed by atoms with Gasteiger partial charge in [-0.3, -0.25) is 4.79 Å². The molecule has 19 heavy (non-hydrogen) atoms. The molecular weight excluding hydrogens is 260 g/mol. The standard InChI is InChI=1S/C15H21ClN2O/c1-11-9-14(16)6-5-13(11)10-17-12(2)15(19)18-7-3-4-8-18/h5-6,9,12,17H,3-4,7-8,10H2,1-2H3. The molecule has 2 rings (SSSR count). The van der Waals surface area contributed by atoms with E-state index < -0.39 is 0 Å². The van der Waals surface area contributed by atoms with Gasteiger partial charge in [-0.25, -0.2) is 0 Å². The van der Waals surface area contributed by atoms with E-state index in [1.54, 1.807) is 0 Å². The second kappa shape index (κ2) is 6.40. The van der Waals surface area contributed by atoms with E-state index in [0.29, 0.717) is 6.54 Å². The van der Waals surface area contributed by atoms with Crippen molar-refractivity contribution in [3.05, 3.63) is 34.3 Å². The third kappa shape index (κ3) is 3.71. The van der Waals surface area contributed by atoms with Gasteiger partial charge in [-0.2, -0.15) is 0 Å². The second-order valence-corrected chi connectivity index (χ2v) is 5.64. The van der Waals surface area contributed by atoms with E-state index in [4.69, 9.17) is 11.6 Å². The molecule has 1 aliphatic heterocycles. The Balaban J connectivity index is 1.88. The molecule has 1 saturated heterocycles. The first kappa shape index (κ1) is 14.4. The number of amides is 1. The smallest absolute Gasteiger partial charge is 0.239 e. The molecular formula is C15H21ClN2O. The monoisotopic (exact) mass is 280 g/mol. The molecule has 3 nitrogen and oxygen atoms in total. The van der Waals surface area contributed by atoms with E-state index in [1.165, 1.54) is 5.56 Å². The number of nitrogens with zero attached hydrogens (tertiary/aromatic N) is 1. The van der Waals surface area contributed by atoms with Gasteiger partial charge in [0.1, 0.15) is 0 Å². The number of aryl methyl sites for hydroxylation is 1. The number of benzene rings is 1. The van der Waals surface area contributed by atoms with Crippen molar-refractivity contribution in [3.8, 4) is 0 Å². The number of rotatable bonds is 4. The maximum absolute atomic E-state index is 12.1. The fourth-order valence-corrected chi connectivity index (χ4v) is 2.65. The summed E-state index contributed by atoms with van der Waals surface area (Å²) < 4.78 is 0. The Morgan fingerprint density at radius 1 is 1.42 bits per heavy atom. The topological polar surface area (TPSA) is 32.3 Å². The van der Waals surface area contributed by atoms with Crippen molar-refractivity contribution in [2.75, 3.05) is 13.1 Å². The molecule has 1 aliphatic rings. The third-order valence-corrected chi connectivity index (χ3v) is 3.93. The fraction of sp³-hybridized carbons (Fsp3) is 0.533. The molecule has 0 aromatic heterocycles. The number of likely N-dealkylation sites (tertiary alicyclic amines) is 1. The Bertz CT molecular complexity index is 455. The zero-order valence-electron chi connectivity index (χ0n) is 11.6. The SMILES string of the molecule is Cc1cc(Cl)ccc1CNC(C)C(=O)N1CCCC1. The Morgan fingerprint density at radius 2 is 2.11 bits per heavy atom. The predicted molar refractivity (Wildman–Crippen MR) is 78.3 cm³/mol. The van der Waals surface area contributed by atoms with E-state index in [2.05, 4.69) is 5.32 Å². The molecule has 4 heteroatoms. The first-order chi connectivity index (χ1) is 9.08. The second-order valence-electron chi connectivity index (χ2n) is 5.21. The van der Waals surface area contributed by atoms with Crippen LogP contribution in [0.25, 0.3) is 0 Å². The summed E-state index contributed by atoms with van der Waals surface area (Å²) in [5.41, 5.74) is 2.34. The van der Waals surface area contributed by atoms with Gasteiger partial charge in [0.05, 0.1) is 6.04 Å². The van der Waals surface area contributed by atoms with Gasteiger partial charge in [-0.05, 0) is 49.9 Å². The van der Waals surface area contributed by atoms with Crippen molar-refractivity contribution in [2.24, 2.45) is 0 Å². The van der Waals surface area contributed by atoms with Crippen LogP contribution in [0.1, 0.15) is 30.9 Å². The van der Waals surface area contributed by atoms with Crippen LogP contribution in [-0.4, -0.2) is 29.9 Å². The molecule has 1 unspecified atom stereocenters. The maximum atomic E-state index is 12.1. The highest BCUT2D eigenvalue weighted by Gasteiger charge is 2.22. The van der Waals surface area contributed by atoms with Gasteiger partial charge in [-0.1, -0.05) is 17.7 Å². The van der Waals surface area contributed by atoms with Crippen molar-refractivity contribution >= 4 is 17.5 Å². The van der Waals surface area contributed by atoms with E-state index in [1.807, 2.05) is 36.9 Å². The Hall–Kier alpha value is -1.06. The molecule has 1 amide bonds. The number of nitrogens with one attached hydrogen (secondary N) is 1. The molecule has 0 aliphatic carbocycles. The van der Waals surface area contributed by atoms with Crippen LogP contribution in [0.3, 0.4) is 0 Å². The first-order valence-corrected chi connectivity index (χ1v) is 7.23. The summed E-state index contributed by atoms with van der Waals surface area (Å²) in [6, 6.07) is 5.72. The molecule has 104 valence electrons. The summed E-state index contributed by atoms with van der Waals surface area (Å²) in [5, 5.41) is 4.05. The highest BCUT2D eigenvalue weighted by Crippen LogP contribution is 2.15. The largest absolute Gasteiger partial charge is 0.341 e. The number of carbonyl (C=O) groups excluding carboxylic acids is 1. The number of halogens is 1. The Labute approximate surface area is 119 Å². The summed E-state index contributed by atoms with van der Waals surface area (Å²) in [6.45, 7) is 6.49. The van der Waals surface area contributed by atoms with E-state index in [9.17, 15) is 4.79 Å². The van der Waals surface area contributed by atoms with Crippen LogP contribution in [0.2, 0.25) is 5.02 Å². The van der Waals surface area contributed by atoms with Crippen LogP contribution < -0.4 is 5.32 Å². The van der Waals surface area contributed by atoms with Crippen molar-refractivity contribution in [1.82, 2.24) is 10.2 Å². The van der Waals surface area contributed by atoms with Gasteiger partial charge in [0.2, 0.25) is 5.91 Å². The van der Waals surface area contributed by atoms with E-state index in [-0.39, 0.29) is 11.9 Å². The summed E-state index contributed by atoms with van der Waals surface area (Å²) >= 11 is 5.94. The minimum absolute atomic E-state index is 0.131. The molecule has 0 bridgehead atoms. The van der Waals surface area contributed by atoms with Crippen LogP contribution in [-0.2, 0) is 11.3 Å². The average molecular weight is 281 g/mol. The minimum atomic E-state index is -0.131. The van der Waals surface area contributed by atoms with Crippen LogP contribution in [0.15, 0.2) is 18.2 Å². The van der Waals surface area contributed by atoms with Crippen molar-refractivity contribution < 1.29 is 4.79 Å². The first-order valence-electron chi connectivity index (χ1n) is 6.85. The van der Waals surface area contributed by atoms with Gasteiger partial charge in [0, 0.05) is 24.7 Å². The molecule has 1 aromatic carbocycles. The number of hydrogen-bond donors (Lipinski definition) is 1. The normalized spacial score (nSPS) is 16.7. The average Bonchev–Trinajstić information content (AvgIpc) is 2.90. The number of carbonyl (C=O) groups is 1. The van der Waals surface area contributed by atoms with E-state index >= 15 is 0 Å². The molecule has 1 fully saturated rings. The summed E-state index contributed by atoms with van der Waals surface area (Å²) in [4.78, 5) is 14.1.